The first-order valence-electron chi connectivity index (χ1n) is 9.25. The minimum absolute atomic E-state index is 0.0147. The van der Waals surface area contributed by atoms with E-state index in [4.69, 9.17) is 5.73 Å². The quantitative estimate of drug-likeness (QED) is 0.709. The van der Waals surface area contributed by atoms with Gasteiger partial charge in [-0.15, -0.1) is 0 Å². The molecule has 142 valence electrons. The number of nitrogens with one attached hydrogen (secondary N) is 2. The molecular formula is C21H26N4O2. The van der Waals surface area contributed by atoms with Crippen molar-refractivity contribution in [1.29, 1.82) is 0 Å². The number of benzene rings is 2. The van der Waals surface area contributed by atoms with Gasteiger partial charge in [-0.3, -0.25) is 14.5 Å². The van der Waals surface area contributed by atoms with Crippen LogP contribution in [-0.2, 0) is 4.79 Å². The SMILES string of the molecule is Cc1ccc(N)cc1C(=O)NC1CCN(CC(=O)Nc2ccccc2)CC1. The third kappa shape index (κ3) is 5.31. The molecule has 0 aliphatic carbocycles. The van der Waals surface area contributed by atoms with Crippen molar-refractivity contribution in [3.8, 4) is 0 Å². The van der Waals surface area contributed by atoms with E-state index in [0.717, 1.165) is 37.2 Å². The second kappa shape index (κ2) is 8.68. The minimum Gasteiger partial charge on any atom is -0.399 e. The standard InChI is InChI=1S/C21H26N4O2/c1-15-7-8-16(22)13-19(15)21(27)24-18-9-11-25(12-10-18)14-20(26)23-17-5-3-2-4-6-17/h2-8,13,18H,9-12,14,22H2,1H3,(H,23,26)(H,24,27). The predicted octanol–water partition coefficient (Wildman–Crippen LogP) is 2.41. The minimum atomic E-state index is -0.0833. The molecule has 2 aromatic rings. The molecule has 1 aliphatic rings. The number of carbonyl (C=O) groups is 2. The van der Waals surface area contributed by atoms with E-state index in [2.05, 4.69) is 15.5 Å². The molecule has 2 aromatic carbocycles. The molecule has 6 heteroatoms. The van der Waals surface area contributed by atoms with Crippen LogP contribution in [0.1, 0.15) is 28.8 Å². The number of para-hydroxylation sites is 1. The maximum atomic E-state index is 12.5. The number of aryl methyl sites for hydroxylation is 1. The summed E-state index contributed by atoms with van der Waals surface area (Å²) in [6.07, 6.45) is 1.65. The monoisotopic (exact) mass is 366 g/mol. The number of amides is 2. The molecular weight excluding hydrogens is 340 g/mol. The van der Waals surface area contributed by atoms with Crippen molar-refractivity contribution >= 4 is 23.2 Å². The van der Waals surface area contributed by atoms with Crippen LogP contribution in [0.4, 0.5) is 11.4 Å². The molecule has 3 rings (SSSR count). The highest BCUT2D eigenvalue weighted by molar-refractivity contribution is 5.96. The number of nitrogens with two attached hydrogens (primary N) is 1. The first-order chi connectivity index (χ1) is 13.0. The summed E-state index contributed by atoms with van der Waals surface area (Å²) >= 11 is 0. The molecule has 1 heterocycles. The van der Waals surface area contributed by atoms with Gasteiger partial charge in [0.05, 0.1) is 6.54 Å². The Labute approximate surface area is 159 Å². The summed E-state index contributed by atoms with van der Waals surface area (Å²) in [7, 11) is 0. The Morgan fingerprint density at radius 2 is 1.81 bits per heavy atom. The molecule has 0 atom stereocenters. The third-order valence-electron chi connectivity index (χ3n) is 4.85. The second-order valence-electron chi connectivity index (χ2n) is 7.01. The number of rotatable bonds is 5. The fourth-order valence-corrected chi connectivity index (χ4v) is 3.31. The molecule has 0 spiro atoms. The van der Waals surface area contributed by atoms with Crippen molar-refractivity contribution in [2.24, 2.45) is 0 Å². The average Bonchev–Trinajstić information content (AvgIpc) is 2.66. The van der Waals surface area contributed by atoms with E-state index in [1.54, 1.807) is 12.1 Å². The summed E-state index contributed by atoms with van der Waals surface area (Å²) in [6.45, 7) is 3.83. The lowest BCUT2D eigenvalue weighted by Gasteiger charge is -2.32. The lowest BCUT2D eigenvalue weighted by Crippen LogP contribution is -2.46. The number of hydrogen-bond donors (Lipinski definition) is 3. The summed E-state index contributed by atoms with van der Waals surface area (Å²) in [5.41, 5.74) is 8.73. The van der Waals surface area contributed by atoms with E-state index in [9.17, 15) is 9.59 Å². The highest BCUT2D eigenvalue weighted by atomic mass is 16.2. The van der Waals surface area contributed by atoms with Gasteiger partial charge in [-0.25, -0.2) is 0 Å². The molecule has 0 radical (unpaired) electrons. The van der Waals surface area contributed by atoms with Crippen LogP contribution in [0.25, 0.3) is 0 Å². The molecule has 1 saturated heterocycles. The van der Waals surface area contributed by atoms with Crippen LogP contribution in [0, 0.1) is 6.92 Å². The Kier molecular flexibility index (Phi) is 6.08. The Balaban J connectivity index is 1.45. The Hall–Kier alpha value is -2.86. The van der Waals surface area contributed by atoms with E-state index in [1.165, 1.54) is 0 Å². The second-order valence-corrected chi connectivity index (χ2v) is 7.01. The normalized spacial score (nSPS) is 15.3. The van der Waals surface area contributed by atoms with Crippen LogP contribution in [0.3, 0.4) is 0 Å². The lowest BCUT2D eigenvalue weighted by molar-refractivity contribution is -0.117. The van der Waals surface area contributed by atoms with Crippen molar-refractivity contribution in [3.05, 3.63) is 59.7 Å². The van der Waals surface area contributed by atoms with Gasteiger partial charge in [-0.1, -0.05) is 24.3 Å². The maximum absolute atomic E-state index is 12.5. The van der Waals surface area contributed by atoms with Crippen LogP contribution < -0.4 is 16.4 Å². The van der Waals surface area contributed by atoms with Gasteiger partial charge in [-0.05, 0) is 49.6 Å². The van der Waals surface area contributed by atoms with Crippen molar-refractivity contribution < 1.29 is 9.59 Å². The van der Waals surface area contributed by atoms with Gasteiger partial charge < -0.3 is 16.4 Å². The summed E-state index contributed by atoms with van der Waals surface area (Å²) < 4.78 is 0. The summed E-state index contributed by atoms with van der Waals surface area (Å²) in [5.74, 6) is -0.0980. The Morgan fingerprint density at radius 1 is 1.11 bits per heavy atom. The van der Waals surface area contributed by atoms with Crippen molar-refractivity contribution in [2.45, 2.75) is 25.8 Å². The van der Waals surface area contributed by atoms with Crippen molar-refractivity contribution in [3.63, 3.8) is 0 Å². The first kappa shape index (κ1) is 18.9. The van der Waals surface area contributed by atoms with Gasteiger partial charge in [0.15, 0.2) is 0 Å². The Morgan fingerprint density at radius 3 is 2.52 bits per heavy atom. The number of likely N-dealkylation sites (tertiary alicyclic amines) is 1. The van der Waals surface area contributed by atoms with E-state index in [-0.39, 0.29) is 17.9 Å². The zero-order valence-electron chi connectivity index (χ0n) is 15.6. The summed E-state index contributed by atoms with van der Waals surface area (Å²) in [5, 5.41) is 6.00. The molecule has 0 bridgehead atoms. The number of anilines is 2. The van der Waals surface area contributed by atoms with Gasteiger partial charge in [0.2, 0.25) is 5.91 Å². The van der Waals surface area contributed by atoms with Gasteiger partial charge in [-0.2, -0.15) is 0 Å². The molecule has 4 N–H and O–H groups in total. The molecule has 0 saturated carbocycles. The van der Waals surface area contributed by atoms with E-state index < -0.39 is 0 Å². The fraction of sp³-hybridized carbons (Fsp3) is 0.333. The zero-order chi connectivity index (χ0) is 19.2. The number of piperidine rings is 1. The molecule has 6 nitrogen and oxygen atoms in total. The Bertz CT molecular complexity index is 799. The maximum Gasteiger partial charge on any atom is 0.251 e. The topological polar surface area (TPSA) is 87.5 Å². The molecule has 1 aliphatic heterocycles. The van der Waals surface area contributed by atoms with Gasteiger partial charge in [0, 0.05) is 36.1 Å². The highest BCUT2D eigenvalue weighted by Gasteiger charge is 2.23. The van der Waals surface area contributed by atoms with Crippen molar-refractivity contribution in [1.82, 2.24) is 10.2 Å². The molecule has 1 fully saturated rings. The van der Waals surface area contributed by atoms with Crippen LogP contribution in [0.15, 0.2) is 48.5 Å². The van der Waals surface area contributed by atoms with Crippen molar-refractivity contribution in [2.75, 3.05) is 30.7 Å². The highest BCUT2D eigenvalue weighted by Crippen LogP contribution is 2.15. The number of nitrogen functional groups attached to an aromatic ring is 1. The number of nitrogens with zero attached hydrogens (tertiary/aromatic N) is 1. The molecule has 0 aromatic heterocycles. The number of hydrogen-bond acceptors (Lipinski definition) is 4. The average molecular weight is 366 g/mol. The summed E-state index contributed by atoms with van der Waals surface area (Å²) in [4.78, 5) is 26.8. The van der Waals surface area contributed by atoms with Gasteiger partial charge >= 0.3 is 0 Å². The smallest absolute Gasteiger partial charge is 0.251 e. The molecule has 2 amide bonds. The largest absolute Gasteiger partial charge is 0.399 e. The first-order valence-corrected chi connectivity index (χ1v) is 9.25. The molecule has 27 heavy (non-hydrogen) atoms. The number of carbonyl (C=O) groups excluding carboxylic acids is 2. The van der Waals surface area contributed by atoms with Gasteiger partial charge in [0.1, 0.15) is 0 Å². The van der Waals surface area contributed by atoms with Crippen LogP contribution in [-0.4, -0.2) is 42.4 Å². The predicted molar refractivity (Wildman–Crippen MR) is 108 cm³/mol. The van der Waals surface area contributed by atoms with E-state index >= 15 is 0 Å². The van der Waals surface area contributed by atoms with Crippen LogP contribution in [0.2, 0.25) is 0 Å². The fourth-order valence-electron chi connectivity index (χ4n) is 3.31. The van der Waals surface area contributed by atoms with E-state index in [1.807, 2.05) is 43.3 Å². The lowest BCUT2D eigenvalue weighted by atomic mass is 10.0. The summed E-state index contributed by atoms with van der Waals surface area (Å²) in [6, 6.07) is 14.9. The van der Waals surface area contributed by atoms with Crippen LogP contribution in [0.5, 0.6) is 0 Å². The van der Waals surface area contributed by atoms with Crippen LogP contribution >= 0.6 is 0 Å². The zero-order valence-corrected chi connectivity index (χ0v) is 15.6. The van der Waals surface area contributed by atoms with E-state index in [0.29, 0.717) is 17.8 Å². The van der Waals surface area contributed by atoms with Gasteiger partial charge in [0.25, 0.3) is 5.91 Å². The third-order valence-corrected chi connectivity index (χ3v) is 4.85. The molecule has 0 unspecified atom stereocenters.